The summed E-state index contributed by atoms with van der Waals surface area (Å²) in [6.45, 7) is 6.14. The van der Waals surface area contributed by atoms with Gasteiger partial charge in [0.1, 0.15) is 36.6 Å². The number of aromatic nitrogens is 1. The molecule has 5 rings (SSSR count). The molecule has 1 aromatic heterocycles. The Bertz CT molecular complexity index is 1470. The lowest BCUT2D eigenvalue weighted by molar-refractivity contribution is -0.148. The minimum absolute atomic E-state index is 0.117. The van der Waals surface area contributed by atoms with Gasteiger partial charge < -0.3 is 25.7 Å². The van der Waals surface area contributed by atoms with Crippen molar-refractivity contribution in [3.8, 4) is 0 Å². The van der Waals surface area contributed by atoms with Crippen LogP contribution in [0.5, 0.6) is 0 Å². The maximum atomic E-state index is 14.5. The fourth-order valence-electron chi connectivity index (χ4n) is 7.22. The van der Waals surface area contributed by atoms with E-state index in [1.54, 1.807) is 16.7 Å². The third-order valence-corrected chi connectivity index (χ3v) is 10.4. The fourth-order valence-corrected chi connectivity index (χ4v) is 7.22. The van der Waals surface area contributed by atoms with Crippen LogP contribution in [0.25, 0.3) is 10.9 Å². The molecule has 6 atom stereocenters. The van der Waals surface area contributed by atoms with Crippen LogP contribution in [0.15, 0.2) is 30.5 Å². The highest BCUT2D eigenvalue weighted by molar-refractivity contribution is 6.01. The third-order valence-electron chi connectivity index (χ3n) is 10.4. The van der Waals surface area contributed by atoms with E-state index in [0.717, 1.165) is 42.1 Å². The van der Waals surface area contributed by atoms with E-state index in [1.807, 2.05) is 51.2 Å². The van der Waals surface area contributed by atoms with Gasteiger partial charge in [0.15, 0.2) is 0 Å². The SMILES string of the molecule is CCC(=O)CCCC[C@@H]1CC12NC(=O)[C@H](Cc1cn(OC)c3ccccc13)NC(=O)[C@H](C(C)CC)NC(=O)[C@@H]1CCCCN1C2=O. The van der Waals surface area contributed by atoms with Gasteiger partial charge in [0.2, 0.25) is 23.6 Å². The quantitative estimate of drug-likeness (QED) is 0.325. The molecule has 46 heavy (non-hydrogen) atoms. The summed E-state index contributed by atoms with van der Waals surface area (Å²) in [6, 6.07) is 5.11. The van der Waals surface area contributed by atoms with Gasteiger partial charge in [-0.3, -0.25) is 24.0 Å². The van der Waals surface area contributed by atoms with Crippen molar-refractivity contribution in [3.05, 3.63) is 36.0 Å². The van der Waals surface area contributed by atoms with E-state index in [2.05, 4.69) is 16.0 Å². The van der Waals surface area contributed by atoms with E-state index in [9.17, 15) is 24.0 Å². The number of amides is 4. The van der Waals surface area contributed by atoms with Crippen LogP contribution < -0.4 is 20.8 Å². The molecule has 2 saturated heterocycles. The van der Waals surface area contributed by atoms with Crippen molar-refractivity contribution in [1.82, 2.24) is 25.6 Å². The largest absolute Gasteiger partial charge is 0.417 e. The van der Waals surface area contributed by atoms with Gasteiger partial charge in [0, 0.05) is 37.4 Å². The number of ketones is 1. The number of fused-ring (bicyclic) bond motifs is 2. The molecule has 2 aromatic rings. The van der Waals surface area contributed by atoms with Gasteiger partial charge in [-0.25, -0.2) is 0 Å². The number of carbonyl (C=O) groups is 5. The van der Waals surface area contributed by atoms with Crippen LogP contribution in [0.1, 0.15) is 90.5 Å². The molecule has 3 N–H and O–H groups in total. The molecule has 3 heterocycles. The number of carbonyl (C=O) groups excluding carboxylic acids is 5. The summed E-state index contributed by atoms with van der Waals surface area (Å²) in [5.41, 5.74) is 0.482. The summed E-state index contributed by atoms with van der Waals surface area (Å²) in [7, 11) is 1.56. The normalized spacial score (nSPS) is 27.6. The van der Waals surface area contributed by atoms with E-state index < -0.39 is 35.5 Å². The smallest absolute Gasteiger partial charge is 0.249 e. The van der Waals surface area contributed by atoms with Crippen molar-refractivity contribution in [3.63, 3.8) is 0 Å². The number of nitrogens with one attached hydrogen (secondary N) is 3. The summed E-state index contributed by atoms with van der Waals surface area (Å²) in [6.07, 6.45) is 8.34. The van der Waals surface area contributed by atoms with Crippen molar-refractivity contribution >= 4 is 40.3 Å². The zero-order valence-electron chi connectivity index (χ0n) is 27.6. The van der Waals surface area contributed by atoms with Crippen molar-refractivity contribution in [2.75, 3.05) is 13.7 Å². The topological polar surface area (TPSA) is 139 Å². The lowest BCUT2D eigenvalue weighted by atomic mass is 9.94. The number of piperidine rings is 1. The Kier molecular flexibility index (Phi) is 10.4. The van der Waals surface area contributed by atoms with Crippen LogP contribution in [0, 0.1) is 11.8 Å². The van der Waals surface area contributed by atoms with Crippen molar-refractivity contribution in [2.45, 2.75) is 115 Å². The second kappa shape index (κ2) is 14.3. The van der Waals surface area contributed by atoms with Crippen LogP contribution in [0.3, 0.4) is 0 Å². The van der Waals surface area contributed by atoms with Gasteiger partial charge in [-0.05, 0) is 62.0 Å². The average Bonchev–Trinajstić information content (AvgIpc) is 3.65. The highest BCUT2D eigenvalue weighted by atomic mass is 16.6. The molecule has 1 saturated carbocycles. The average molecular weight is 636 g/mol. The number of unbranched alkanes of at least 4 members (excludes halogenated alkanes) is 1. The molecule has 2 aliphatic heterocycles. The number of hydrogen-bond donors (Lipinski definition) is 3. The lowest BCUT2D eigenvalue weighted by Gasteiger charge is -2.39. The number of hydrogen-bond acceptors (Lipinski definition) is 6. The Balaban J connectivity index is 1.49. The van der Waals surface area contributed by atoms with Crippen molar-refractivity contribution < 1.29 is 28.8 Å². The molecular formula is C35H49N5O6. The van der Waals surface area contributed by atoms with Gasteiger partial charge in [-0.1, -0.05) is 51.8 Å². The zero-order chi connectivity index (χ0) is 33.0. The van der Waals surface area contributed by atoms with Crippen LogP contribution in [-0.4, -0.2) is 76.4 Å². The summed E-state index contributed by atoms with van der Waals surface area (Å²) >= 11 is 0. The minimum Gasteiger partial charge on any atom is -0.417 e. The Morgan fingerprint density at radius 3 is 2.57 bits per heavy atom. The van der Waals surface area contributed by atoms with Crippen LogP contribution in [0.4, 0.5) is 0 Å². The highest BCUT2D eigenvalue weighted by Crippen LogP contribution is 2.49. The van der Waals surface area contributed by atoms with Crippen LogP contribution in [0.2, 0.25) is 0 Å². The summed E-state index contributed by atoms with van der Waals surface area (Å²) in [5.74, 6) is -1.50. The van der Waals surface area contributed by atoms with E-state index in [4.69, 9.17) is 4.84 Å². The Morgan fingerprint density at radius 1 is 1.04 bits per heavy atom. The first-order valence-electron chi connectivity index (χ1n) is 17.0. The number of Topliss-reactive ketones (excluding diaryl/α,β-unsaturated/α-hetero) is 1. The van der Waals surface area contributed by atoms with Gasteiger partial charge in [-0.2, -0.15) is 4.73 Å². The summed E-state index contributed by atoms with van der Waals surface area (Å²) in [4.78, 5) is 75.5. The molecule has 1 spiro atoms. The van der Waals surface area contributed by atoms with Gasteiger partial charge in [0.25, 0.3) is 0 Å². The van der Waals surface area contributed by atoms with Gasteiger partial charge in [0.05, 0.1) is 5.52 Å². The van der Waals surface area contributed by atoms with E-state index in [0.29, 0.717) is 45.1 Å². The number of rotatable bonds is 11. The lowest BCUT2D eigenvalue weighted by Crippen LogP contribution is -2.65. The fraction of sp³-hybridized carbons (Fsp3) is 0.629. The van der Waals surface area contributed by atoms with Gasteiger partial charge in [-0.15, -0.1) is 0 Å². The Labute approximate surface area is 271 Å². The maximum Gasteiger partial charge on any atom is 0.249 e. The van der Waals surface area contributed by atoms with Crippen LogP contribution in [-0.2, 0) is 30.4 Å². The second-order valence-corrected chi connectivity index (χ2v) is 13.3. The summed E-state index contributed by atoms with van der Waals surface area (Å²) in [5, 5.41) is 9.97. The number of nitrogens with zero attached hydrogens (tertiary/aromatic N) is 2. The molecule has 3 fully saturated rings. The standard InChI is InChI=1S/C35H49N5O6/c1-5-22(3)30-33(44)36-27(19-23-21-40(46-4)28-16-10-9-15-26(23)28)31(42)38-35(20-24(35)13-7-8-14-25(41)6-2)34(45)39-18-12-11-17-29(39)32(43)37-30/h9-10,15-16,21-22,24,27,29-30H,5-8,11-14,17-20H2,1-4H3,(H,36,44)(H,37,43)(H,38,42)/t22?,24-,27+,29+,30+,35?/m1/s1. The van der Waals surface area contributed by atoms with Gasteiger partial charge >= 0.3 is 0 Å². The molecule has 3 aliphatic rings. The third kappa shape index (κ3) is 6.78. The molecule has 0 radical (unpaired) electrons. The van der Waals surface area contributed by atoms with E-state index in [-0.39, 0.29) is 35.9 Å². The molecule has 11 nitrogen and oxygen atoms in total. The van der Waals surface area contributed by atoms with Crippen molar-refractivity contribution in [1.29, 1.82) is 0 Å². The van der Waals surface area contributed by atoms with E-state index in [1.165, 1.54) is 0 Å². The summed E-state index contributed by atoms with van der Waals surface area (Å²) < 4.78 is 1.63. The highest BCUT2D eigenvalue weighted by Gasteiger charge is 2.63. The molecule has 1 aromatic carbocycles. The molecule has 1 aliphatic carbocycles. The number of para-hydroxylation sites is 1. The molecule has 2 unspecified atom stereocenters. The second-order valence-electron chi connectivity index (χ2n) is 13.3. The minimum atomic E-state index is -1.15. The number of benzene rings is 1. The Morgan fingerprint density at radius 2 is 1.83 bits per heavy atom. The molecular weight excluding hydrogens is 586 g/mol. The van der Waals surface area contributed by atoms with Crippen LogP contribution >= 0.6 is 0 Å². The van der Waals surface area contributed by atoms with Crippen molar-refractivity contribution in [2.24, 2.45) is 11.8 Å². The molecule has 250 valence electrons. The first kappa shape index (κ1) is 33.5. The molecule has 0 bridgehead atoms. The Hall–Kier alpha value is -3.89. The predicted octanol–water partition coefficient (Wildman–Crippen LogP) is 3.07. The molecule has 11 heteroatoms. The maximum absolute atomic E-state index is 14.5. The monoisotopic (exact) mass is 635 g/mol. The first-order chi connectivity index (χ1) is 22.1. The molecule has 4 amide bonds. The zero-order valence-corrected chi connectivity index (χ0v) is 27.6. The first-order valence-corrected chi connectivity index (χ1v) is 17.0. The van der Waals surface area contributed by atoms with E-state index >= 15 is 0 Å². The predicted molar refractivity (Wildman–Crippen MR) is 174 cm³/mol.